The summed E-state index contributed by atoms with van der Waals surface area (Å²) in [7, 11) is 0. The molecule has 0 heterocycles. The highest BCUT2D eigenvalue weighted by atomic mass is 16.5. The maximum Gasteiger partial charge on any atom is 0.325 e. The van der Waals surface area contributed by atoms with E-state index >= 15 is 0 Å². The van der Waals surface area contributed by atoms with Gasteiger partial charge in [0.05, 0.1) is 0 Å². The fraction of sp³-hybridized carbons (Fsp3) is 0.902. The molecule has 1 amide bonds. The normalized spacial score (nSPS) is 31.6. The zero-order valence-corrected chi connectivity index (χ0v) is 31.0. The van der Waals surface area contributed by atoms with Crippen LogP contribution in [0.4, 0.5) is 0 Å². The summed E-state index contributed by atoms with van der Waals surface area (Å²) in [6, 6.07) is 0. The van der Waals surface area contributed by atoms with E-state index in [1.165, 1.54) is 70.6 Å². The van der Waals surface area contributed by atoms with Gasteiger partial charge in [0.2, 0.25) is 5.91 Å². The monoisotopic (exact) mass is 656 g/mol. The number of carbonyl (C=O) groups excluding carboxylic acids is 2. The molecule has 0 aliphatic heterocycles. The average Bonchev–Trinajstić information content (AvgIpc) is 3.38. The highest BCUT2D eigenvalue weighted by molar-refractivity contribution is 5.82. The molecule has 0 radical (unpaired) electrons. The Morgan fingerprint density at radius 3 is 2.34 bits per heavy atom. The van der Waals surface area contributed by atoms with E-state index in [9.17, 15) is 9.59 Å². The van der Waals surface area contributed by atoms with Gasteiger partial charge < -0.3 is 21.1 Å². The van der Waals surface area contributed by atoms with Crippen molar-refractivity contribution in [1.82, 2.24) is 4.90 Å². The van der Waals surface area contributed by atoms with E-state index in [4.69, 9.17) is 16.2 Å². The largest absolute Gasteiger partial charge is 0.461 e. The second-order valence-electron chi connectivity index (χ2n) is 17.1. The first-order chi connectivity index (χ1) is 22.6. The Balaban J connectivity index is 1.29. The molecule has 0 saturated heterocycles. The predicted molar refractivity (Wildman–Crippen MR) is 195 cm³/mol. The second kappa shape index (κ2) is 18.6. The molecule has 3 saturated carbocycles. The van der Waals surface area contributed by atoms with Crippen molar-refractivity contribution < 1.29 is 14.3 Å². The number of hydrogen-bond donors (Lipinski definition) is 2. The van der Waals surface area contributed by atoms with Gasteiger partial charge in [-0.2, -0.15) is 0 Å². The molecule has 4 aliphatic carbocycles. The molecule has 0 bridgehead atoms. The molecule has 3 fully saturated rings. The minimum atomic E-state index is -0.234. The second-order valence-corrected chi connectivity index (χ2v) is 17.1. The van der Waals surface area contributed by atoms with Crippen molar-refractivity contribution in [2.24, 2.45) is 51.9 Å². The van der Waals surface area contributed by atoms with Crippen LogP contribution >= 0.6 is 0 Å². The first-order valence-corrected chi connectivity index (χ1v) is 20.2. The van der Waals surface area contributed by atoms with Crippen molar-refractivity contribution in [2.75, 3.05) is 26.2 Å². The number of carbonyl (C=O) groups is 2. The van der Waals surface area contributed by atoms with Crippen LogP contribution in [0.2, 0.25) is 0 Å². The number of allylic oxidation sites excluding steroid dienone is 1. The maximum absolute atomic E-state index is 13.3. The van der Waals surface area contributed by atoms with Gasteiger partial charge in [0.15, 0.2) is 0 Å². The zero-order valence-electron chi connectivity index (χ0n) is 31.0. The number of rotatable bonds is 20. The summed E-state index contributed by atoms with van der Waals surface area (Å²) in [6.45, 7) is 12.0. The van der Waals surface area contributed by atoms with E-state index < -0.39 is 0 Å². The number of fused-ring (bicyclic) bond motifs is 5. The quantitative estimate of drug-likeness (QED) is 0.0775. The van der Waals surface area contributed by atoms with E-state index in [0.717, 1.165) is 93.9 Å². The molecule has 4 N–H and O–H groups in total. The molecule has 0 aromatic carbocycles. The SMILES string of the molecule is CC(C)CCCCC1CCC2C3CC=C4CC(OC(=O)CN(CCCCCCCCN)C(=O)CCCCN)CCC4(C)C3CCC12C. The number of amides is 1. The van der Waals surface area contributed by atoms with Crippen molar-refractivity contribution in [2.45, 2.75) is 169 Å². The van der Waals surface area contributed by atoms with Crippen molar-refractivity contribution >= 4 is 11.9 Å². The number of unbranched alkanes of at least 4 members (excludes halogenated alkanes) is 7. The van der Waals surface area contributed by atoms with Crippen LogP contribution in [0.15, 0.2) is 11.6 Å². The molecule has 7 atom stereocenters. The fourth-order valence-corrected chi connectivity index (χ4v) is 10.7. The lowest BCUT2D eigenvalue weighted by molar-refractivity contribution is -0.156. The molecule has 4 rings (SSSR count). The number of esters is 1. The van der Waals surface area contributed by atoms with Gasteiger partial charge in [0, 0.05) is 19.4 Å². The molecule has 7 unspecified atom stereocenters. The molecule has 0 aromatic heterocycles. The van der Waals surface area contributed by atoms with E-state index in [-0.39, 0.29) is 29.9 Å². The number of ether oxygens (including phenoxy) is 1. The van der Waals surface area contributed by atoms with E-state index in [0.29, 0.717) is 24.9 Å². The summed E-state index contributed by atoms with van der Waals surface area (Å²) >= 11 is 0. The third-order valence-electron chi connectivity index (χ3n) is 13.5. The molecule has 270 valence electrons. The van der Waals surface area contributed by atoms with Gasteiger partial charge in [-0.25, -0.2) is 0 Å². The molecule has 0 spiro atoms. The first kappa shape index (κ1) is 38.4. The van der Waals surface area contributed by atoms with Crippen molar-refractivity contribution in [1.29, 1.82) is 0 Å². The topological polar surface area (TPSA) is 98.6 Å². The Hall–Kier alpha value is -1.40. The zero-order chi connectivity index (χ0) is 33.9. The van der Waals surface area contributed by atoms with Crippen LogP contribution in [0, 0.1) is 40.4 Å². The molecular weight excluding hydrogens is 582 g/mol. The smallest absolute Gasteiger partial charge is 0.325 e. The van der Waals surface area contributed by atoms with Gasteiger partial charge in [0.25, 0.3) is 0 Å². The summed E-state index contributed by atoms with van der Waals surface area (Å²) in [5.74, 6) is 4.04. The number of hydrogen-bond acceptors (Lipinski definition) is 5. The van der Waals surface area contributed by atoms with Crippen LogP contribution in [0.1, 0.15) is 163 Å². The van der Waals surface area contributed by atoms with E-state index in [2.05, 4.69) is 33.8 Å². The summed E-state index contributed by atoms with van der Waals surface area (Å²) in [6.07, 6.45) is 26.6. The first-order valence-electron chi connectivity index (χ1n) is 20.2. The average molecular weight is 656 g/mol. The Kier molecular flexibility index (Phi) is 15.2. The summed E-state index contributed by atoms with van der Waals surface area (Å²) < 4.78 is 6.15. The minimum Gasteiger partial charge on any atom is -0.461 e. The predicted octanol–water partition coefficient (Wildman–Crippen LogP) is 8.95. The van der Waals surface area contributed by atoms with Crippen LogP contribution in [-0.4, -0.2) is 49.1 Å². The molecule has 0 aromatic rings. The summed E-state index contributed by atoms with van der Waals surface area (Å²) in [5, 5.41) is 0. The minimum absolute atomic E-state index is 0.0600. The highest BCUT2D eigenvalue weighted by Crippen LogP contribution is 2.66. The van der Waals surface area contributed by atoms with Gasteiger partial charge in [-0.15, -0.1) is 0 Å². The van der Waals surface area contributed by atoms with Crippen LogP contribution in [-0.2, 0) is 14.3 Å². The third-order valence-corrected chi connectivity index (χ3v) is 13.5. The summed E-state index contributed by atoms with van der Waals surface area (Å²) in [4.78, 5) is 28.1. The van der Waals surface area contributed by atoms with Crippen LogP contribution in [0.25, 0.3) is 0 Å². The molecule has 6 nitrogen and oxygen atoms in total. The third kappa shape index (κ3) is 10.1. The fourth-order valence-electron chi connectivity index (χ4n) is 10.7. The van der Waals surface area contributed by atoms with E-state index in [1.807, 2.05) is 0 Å². The Morgan fingerprint density at radius 2 is 1.60 bits per heavy atom. The van der Waals surface area contributed by atoms with Crippen LogP contribution < -0.4 is 11.5 Å². The van der Waals surface area contributed by atoms with Gasteiger partial charge in [-0.3, -0.25) is 9.59 Å². The standard InChI is InChI=1S/C41H73N3O3/c1-31(2)15-9-10-16-32-19-21-36-35-20-18-33-29-34(22-24-41(33,4)37(35)23-25-40(32,36)3)47-39(46)30-44(38(45)17-11-13-27-43)28-14-8-6-5-7-12-26-42/h18,31-32,34-37H,5-17,19-30,42-43H2,1-4H3. The van der Waals surface area contributed by atoms with Crippen molar-refractivity contribution in [3.05, 3.63) is 11.6 Å². The van der Waals surface area contributed by atoms with Crippen LogP contribution in [0.3, 0.4) is 0 Å². The maximum atomic E-state index is 13.3. The number of nitrogens with two attached hydrogens (primary N) is 2. The Morgan fingerprint density at radius 1 is 0.872 bits per heavy atom. The lowest BCUT2D eigenvalue weighted by atomic mass is 9.47. The number of nitrogens with zero attached hydrogens (tertiary/aromatic N) is 1. The molecular formula is C41H73N3O3. The molecule has 4 aliphatic rings. The van der Waals surface area contributed by atoms with Gasteiger partial charge in [-0.1, -0.05) is 84.3 Å². The lowest BCUT2D eigenvalue weighted by Crippen LogP contribution is -2.50. The lowest BCUT2D eigenvalue weighted by Gasteiger charge is -2.58. The van der Waals surface area contributed by atoms with Crippen molar-refractivity contribution in [3.8, 4) is 0 Å². The van der Waals surface area contributed by atoms with Gasteiger partial charge in [-0.05, 0) is 131 Å². The summed E-state index contributed by atoms with van der Waals surface area (Å²) in [5.41, 5.74) is 13.6. The van der Waals surface area contributed by atoms with Crippen LogP contribution in [0.5, 0.6) is 0 Å². The Bertz CT molecular complexity index is 1010. The van der Waals surface area contributed by atoms with Crippen molar-refractivity contribution in [3.63, 3.8) is 0 Å². The van der Waals surface area contributed by atoms with E-state index in [1.54, 1.807) is 10.5 Å². The Labute approximate surface area is 289 Å². The highest BCUT2D eigenvalue weighted by Gasteiger charge is 2.58. The molecule has 6 heteroatoms. The van der Waals surface area contributed by atoms with Gasteiger partial charge >= 0.3 is 5.97 Å². The van der Waals surface area contributed by atoms with Gasteiger partial charge in [0.1, 0.15) is 12.6 Å². The molecule has 47 heavy (non-hydrogen) atoms.